The molecule has 2 rings (SSSR count). The minimum absolute atomic E-state index is 0.752. The van der Waals surface area contributed by atoms with Crippen LogP contribution in [-0.4, -0.2) is 11.1 Å². The third-order valence-electron chi connectivity index (χ3n) is 3.22. The zero-order valence-electron chi connectivity index (χ0n) is 10.6. The topological polar surface area (TPSA) is 44.1 Å². The van der Waals surface area contributed by atoms with Crippen molar-refractivity contribution in [2.75, 3.05) is 6.54 Å². The lowest BCUT2D eigenvalue weighted by Crippen LogP contribution is -2.04. The fourth-order valence-electron chi connectivity index (χ4n) is 2.22. The molecule has 0 aliphatic carbocycles. The van der Waals surface area contributed by atoms with Crippen LogP contribution < -0.4 is 5.73 Å². The molecule has 0 atom stereocenters. The fraction of sp³-hybridized carbons (Fsp3) is 0.429. The Morgan fingerprint density at radius 1 is 1.35 bits per heavy atom. The number of furan rings is 1. The van der Waals surface area contributed by atoms with E-state index in [1.165, 1.54) is 17.0 Å². The van der Waals surface area contributed by atoms with E-state index in [0.29, 0.717) is 0 Å². The summed E-state index contributed by atoms with van der Waals surface area (Å²) in [6.07, 6.45) is 3.83. The van der Waals surface area contributed by atoms with Crippen LogP contribution in [0.1, 0.15) is 29.1 Å². The number of aryl methyl sites for hydroxylation is 2. The largest absolute Gasteiger partial charge is 0.467 e. The Bertz CT molecular complexity index is 469. The van der Waals surface area contributed by atoms with Crippen LogP contribution in [0.2, 0.25) is 0 Å². The molecule has 0 saturated heterocycles. The molecule has 2 aromatic heterocycles. The first kappa shape index (κ1) is 12.0. The van der Waals surface area contributed by atoms with Gasteiger partial charge in [-0.15, -0.1) is 0 Å². The summed E-state index contributed by atoms with van der Waals surface area (Å²) in [5.41, 5.74) is 9.57. The molecular weight excluding hydrogens is 212 g/mol. The SMILES string of the molecule is Cc1cc(CCCN)c(C)n1Cc1ccco1. The van der Waals surface area contributed by atoms with Crippen LogP contribution in [0.15, 0.2) is 28.9 Å². The first-order chi connectivity index (χ1) is 8.22. The summed E-state index contributed by atoms with van der Waals surface area (Å²) in [6, 6.07) is 6.20. The summed E-state index contributed by atoms with van der Waals surface area (Å²) in [5.74, 6) is 0.997. The Labute approximate surface area is 102 Å². The predicted octanol–water partition coefficient (Wildman–Crippen LogP) is 2.64. The average Bonchev–Trinajstić information content (AvgIpc) is 2.90. The van der Waals surface area contributed by atoms with Gasteiger partial charge in [0.25, 0.3) is 0 Å². The van der Waals surface area contributed by atoms with Crippen LogP contribution in [0, 0.1) is 13.8 Å². The molecule has 0 amide bonds. The summed E-state index contributed by atoms with van der Waals surface area (Å²) in [6.45, 7) is 5.87. The summed E-state index contributed by atoms with van der Waals surface area (Å²) < 4.78 is 7.69. The third kappa shape index (κ3) is 2.61. The van der Waals surface area contributed by atoms with Crippen molar-refractivity contribution >= 4 is 0 Å². The molecule has 0 aliphatic heterocycles. The molecule has 2 aromatic rings. The first-order valence-corrected chi connectivity index (χ1v) is 6.10. The van der Waals surface area contributed by atoms with Crippen LogP contribution in [0.25, 0.3) is 0 Å². The lowest BCUT2D eigenvalue weighted by molar-refractivity contribution is 0.489. The highest BCUT2D eigenvalue weighted by Crippen LogP contribution is 2.18. The van der Waals surface area contributed by atoms with Gasteiger partial charge in [-0.2, -0.15) is 0 Å². The highest BCUT2D eigenvalue weighted by Gasteiger charge is 2.09. The Kier molecular flexibility index (Phi) is 3.69. The standard InChI is InChI=1S/C14H20N2O/c1-11-9-13(5-3-7-15)12(2)16(11)10-14-6-4-8-17-14/h4,6,8-9H,3,5,7,10,15H2,1-2H3. The van der Waals surface area contributed by atoms with Crippen molar-refractivity contribution in [1.29, 1.82) is 0 Å². The molecule has 17 heavy (non-hydrogen) atoms. The Morgan fingerprint density at radius 2 is 2.18 bits per heavy atom. The molecule has 0 bridgehead atoms. The van der Waals surface area contributed by atoms with Crippen molar-refractivity contribution in [3.05, 3.63) is 47.2 Å². The molecule has 0 aromatic carbocycles. The monoisotopic (exact) mass is 232 g/mol. The van der Waals surface area contributed by atoms with Gasteiger partial charge in [-0.25, -0.2) is 0 Å². The quantitative estimate of drug-likeness (QED) is 0.861. The van der Waals surface area contributed by atoms with Gasteiger partial charge in [0.1, 0.15) is 5.76 Å². The number of rotatable bonds is 5. The van der Waals surface area contributed by atoms with Gasteiger partial charge in [-0.05, 0) is 57.0 Å². The summed E-state index contributed by atoms with van der Waals surface area (Å²) in [5, 5.41) is 0. The number of nitrogens with zero attached hydrogens (tertiary/aromatic N) is 1. The van der Waals surface area contributed by atoms with Crippen molar-refractivity contribution in [1.82, 2.24) is 4.57 Å². The van der Waals surface area contributed by atoms with Gasteiger partial charge in [0.2, 0.25) is 0 Å². The van der Waals surface area contributed by atoms with E-state index in [2.05, 4.69) is 24.5 Å². The summed E-state index contributed by atoms with van der Waals surface area (Å²) in [4.78, 5) is 0. The zero-order valence-corrected chi connectivity index (χ0v) is 10.6. The van der Waals surface area contributed by atoms with E-state index in [-0.39, 0.29) is 0 Å². The van der Waals surface area contributed by atoms with E-state index in [1.54, 1.807) is 6.26 Å². The molecule has 0 spiro atoms. The second-order valence-electron chi connectivity index (χ2n) is 4.45. The maximum Gasteiger partial charge on any atom is 0.123 e. The van der Waals surface area contributed by atoms with Gasteiger partial charge in [0, 0.05) is 11.4 Å². The van der Waals surface area contributed by atoms with Gasteiger partial charge >= 0.3 is 0 Å². The number of aromatic nitrogens is 1. The van der Waals surface area contributed by atoms with Gasteiger partial charge in [-0.3, -0.25) is 0 Å². The summed E-state index contributed by atoms with van der Waals surface area (Å²) >= 11 is 0. The van der Waals surface area contributed by atoms with E-state index < -0.39 is 0 Å². The van der Waals surface area contributed by atoms with Crippen LogP contribution in [0.4, 0.5) is 0 Å². The van der Waals surface area contributed by atoms with Crippen LogP contribution in [0.3, 0.4) is 0 Å². The van der Waals surface area contributed by atoms with Crippen molar-refractivity contribution < 1.29 is 4.42 Å². The maximum atomic E-state index is 5.56. The van der Waals surface area contributed by atoms with Crippen molar-refractivity contribution in [2.24, 2.45) is 5.73 Å². The van der Waals surface area contributed by atoms with Gasteiger partial charge in [0.15, 0.2) is 0 Å². The van der Waals surface area contributed by atoms with Crippen molar-refractivity contribution in [3.63, 3.8) is 0 Å². The van der Waals surface area contributed by atoms with Crippen molar-refractivity contribution in [3.8, 4) is 0 Å². The van der Waals surface area contributed by atoms with E-state index in [1.807, 2.05) is 12.1 Å². The molecule has 92 valence electrons. The summed E-state index contributed by atoms with van der Waals surface area (Å²) in [7, 11) is 0. The van der Waals surface area contributed by atoms with Crippen LogP contribution in [0.5, 0.6) is 0 Å². The van der Waals surface area contributed by atoms with E-state index in [4.69, 9.17) is 10.2 Å². The highest BCUT2D eigenvalue weighted by molar-refractivity contribution is 5.27. The number of hydrogen-bond acceptors (Lipinski definition) is 2. The molecule has 0 fully saturated rings. The van der Waals surface area contributed by atoms with Crippen LogP contribution in [-0.2, 0) is 13.0 Å². The zero-order chi connectivity index (χ0) is 12.3. The van der Waals surface area contributed by atoms with E-state index in [0.717, 1.165) is 31.7 Å². The van der Waals surface area contributed by atoms with Gasteiger partial charge in [-0.1, -0.05) is 0 Å². The third-order valence-corrected chi connectivity index (χ3v) is 3.22. The minimum Gasteiger partial charge on any atom is -0.467 e. The van der Waals surface area contributed by atoms with Crippen LogP contribution >= 0.6 is 0 Å². The Morgan fingerprint density at radius 3 is 2.82 bits per heavy atom. The van der Waals surface area contributed by atoms with Gasteiger partial charge in [0.05, 0.1) is 12.8 Å². The molecule has 2 heterocycles. The molecule has 3 nitrogen and oxygen atoms in total. The maximum absolute atomic E-state index is 5.56. The normalized spacial score (nSPS) is 11.0. The average molecular weight is 232 g/mol. The molecule has 2 N–H and O–H groups in total. The van der Waals surface area contributed by atoms with Crippen molar-refractivity contribution in [2.45, 2.75) is 33.2 Å². The molecule has 3 heteroatoms. The molecule has 0 unspecified atom stereocenters. The lowest BCUT2D eigenvalue weighted by Gasteiger charge is -2.07. The lowest BCUT2D eigenvalue weighted by atomic mass is 10.1. The fourth-order valence-corrected chi connectivity index (χ4v) is 2.22. The molecule has 0 aliphatic rings. The Balaban J connectivity index is 2.19. The van der Waals surface area contributed by atoms with E-state index >= 15 is 0 Å². The van der Waals surface area contributed by atoms with E-state index in [9.17, 15) is 0 Å². The number of nitrogens with two attached hydrogens (primary N) is 1. The smallest absolute Gasteiger partial charge is 0.123 e. The van der Waals surface area contributed by atoms with Gasteiger partial charge < -0.3 is 14.7 Å². The first-order valence-electron chi connectivity index (χ1n) is 6.10. The second-order valence-corrected chi connectivity index (χ2v) is 4.45. The predicted molar refractivity (Wildman–Crippen MR) is 69.1 cm³/mol. The second kappa shape index (κ2) is 5.23. The molecular formula is C14H20N2O. The minimum atomic E-state index is 0.752. The highest BCUT2D eigenvalue weighted by atomic mass is 16.3. The Hall–Kier alpha value is -1.48. The number of hydrogen-bond donors (Lipinski definition) is 1. The molecule has 0 radical (unpaired) electrons. The molecule has 0 saturated carbocycles.